The highest BCUT2D eigenvalue weighted by Crippen LogP contribution is 2.43. The molecule has 1 N–H and O–H groups in total. The van der Waals surface area contributed by atoms with Crippen LogP contribution < -0.4 is 14.2 Å². The van der Waals surface area contributed by atoms with E-state index in [0.29, 0.717) is 18.4 Å². The summed E-state index contributed by atoms with van der Waals surface area (Å²) in [5.74, 6) is 0.401. The number of ether oxygens (including phenoxy) is 5. The second-order valence-corrected chi connectivity index (χ2v) is 14.9. The quantitative estimate of drug-likeness (QED) is 0.0498. The molecule has 4 aromatic carbocycles. The molecule has 1 aliphatic carbocycles. The Hall–Kier alpha value is -4.12. The van der Waals surface area contributed by atoms with Crippen LogP contribution in [-0.4, -0.2) is 51.6 Å². The van der Waals surface area contributed by atoms with E-state index in [0.717, 1.165) is 124 Å². The van der Waals surface area contributed by atoms with E-state index >= 15 is 0 Å². The van der Waals surface area contributed by atoms with Crippen LogP contribution in [0.2, 0.25) is 5.02 Å². The summed E-state index contributed by atoms with van der Waals surface area (Å²) in [6, 6.07) is 21.0. The summed E-state index contributed by atoms with van der Waals surface area (Å²) in [5, 5.41) is 9.57. The van der Waals surface area contributed by atoms with Crippen LogP contribution in [0.15, 0.2) is 72.8 Å². The van der Waals surface area contributed by atoms with E-state index in [4.69, 9.17) is 36.0 Å². The molecule has 2 aliphatic rings. The number of hydrogen-bond donors (Lipinski definition) is 1. The van der Waals surface area contributed by atoms with Gasteiger partial charge in [-0.15, -0.1) is 13.2 Å². The normalized spacial score (nSPS) is 18.2. The molecule has 54 heavy (non-hydrogen) atoms. The molecule has 2 fully saturated rings. The second kappa shape index (κ2) is 18.0. The van der Waals surface area contributed by atoms with Crippen molar-refractivity contribution in [2.45, 2.75) is 82.9 Å². The third-order valence-corrected chi connectivity index (χ3v) is 11.1. The lowest BCUT2D eigenvalue weighted by atomic mass is 9.75. The van der Waals surface area contributed by atoms with E-state index in [9.17, 15) is 18.0 Å². The first kappa shape index (κ1) is 39.6. The third-order valence-electron chi connectivity index (χ3n) is 10.8. The van der Waals surface area contributed by atoms with Gasteiger partial charge in [-0.2, -0.15) is 0 Å². The molecule has 1 saturated carbocycles. The van der Waals surface area contributed by atoms with Crippen LogP contribution in [0.5, 0.6) is 17.2 Å². The molecule has 0 bridgehead atoms. The Labute approximate surface area is 319 Å². The lowest BCUT2D eigenvalue weighted by molar-refractivity contribution is -0.274. The van der Waals surface area contributed by atoms with Gasteiger partial charge in [0.1, 0.15) is 17.2 Å². The minimum Gasteiger partial charge on any atom is -0.494 e. The number of hydrogen-bond acceptors (Lipinski definition) is 7. The number of benzene rings is 4. The number of rotatable bonds is 17. The van der Waals surface area contributed by atoms with Gasteiger partial charge in [0, 0.05) is 29.9 Å². The fraction of sp³-hybridized carbons (Fsp3) is 0.442. The summed E-state index contributed by atoms with van der Waals surface area (Å²) in [4.78, 5) is 12.9. The Morgan fingerprint density at radius 2 is 1.59 bits per heavy atom. The summed E-state index contributed by atoms with van der Waals surface area (Å²) in [6.07, 6.45) is 6.09. The van der Waals surface area contributed by atoms with E-state index in [2.05, 4.69) is 42.0 Å². The molecule has 11 heteroatoms. The van der Waals surface area contributed by atoms with Crippen molar-refractivity contribution in [1.29, 1.82) is 5.41 Å². The molecule has 6 rings (SSSR count). The Balaban J connectivity index is 0.955. The summed E-state index contributed by atoms with van der Waals surface area (Å²) in [6.45, 7) is 6.20. The zero-order valence-corrected chi connectivity index (χ0v) is 31.3. The predicted octanol–water partition coefficient (Wildman–Crippen LogP) is 11.4. The second-order valence-electron chi connectivity index (χ2n) is 14.5. The number of fused-ring (bicyclic) bond motifs is 1. The molecule has 7 nitrogen and oxygen atoms in total. The zero-order valence-electron chi connectivity index (χ0n) is 30.5. The molecule has 0 atom stereocenters. The maximum atomic E-state index is 12.9. The first-order chi connectivity index (χ1) is 26.1. The van der Waals surface area contributed by atoms with Crippen LogP contribution >= 0.6 is 11.6 Å². The summed E-state index contributed by atoms with van der Waals surface area (Å²) < 4.78 is 64.2. The van der Waals surface area contributed by atoms with E-state index in [1.165, 1.54) is 17.8 Å². The van der Waals surface area contributed by atoms with Gasteiger partial charge >= 0.3 is 12.3 Å². The van der Waals surface area contributed by atoms with Crippen molar-refractivity contribution < 1.29 is 41.7 Å². The molecule has 1 aliphatic heterocycles. The Morgan fingerprint density at radius 3 is 2.24 bits per heavy atom. The van der Waals surface area contributed by atoms with E-state index < -0.39 is 18.1 Å². The van der Waals surface area contributed by atoms with Crippen LogP contribution in [0, 0.1) is 10.8 Å². The number of carbonyl (C=O) groups is 1. The SMILES string of the molecule is CCC1(COCCCCCCOc2ccc(C3CCC(c4ccc5cc(C(=O)Oc6ccc(OC(F)(F)F)c(Cl)c6)ccc5c4C=N)CC3)cc2)COC1. The number of unbranched alkanes of at least 4 members (excludes halogenated alkanes) is 3. The number of nitrogens with one attached hydrogen (secondary N) is 1. The average molecular weight is 766 g/mol. The lowest BCUT2D eigenvalue weighted by Gasteiger charge is -2.40. The highest BCUT2D eigenvalue weighted by Gasteiger charge is 2.37. The summed E-state index contributed by atoms with van der Waals surface area (Å²) >= 11 is 5.90. The maximum Gasteiger partial charge on any atom is 0.573 e. The van der Waals surface area contributed by atoms with E-state index in [1.807, 2.05) is 12.1 Å². The largest absolute Gasteiger partial charge is 0.573 e. The molecule has 0 spiro atoms. The van der Waals surface area contributed by atoms with Crippen LogP contribution in [0.3, 0.4) is 0 Å². The van der Waals surface area contributed by atoms with Gasteiger partial charge in [-0.1, -0.05) is 55.3 Å². The molecule has 1 saturated heterocycles. The van der Waals surface area contributed by atoms with Gasteiger partial charge < -0.3 is 29.1 Å². The van der Waals surface area contributed by atoms with Crippen molar-refractivity contribution >= 4 is 34.6 Å². The van der Waals surface area contributed by atoms with Crippen molar-refractivity contribution in [3.8, 4) is 17.2 Å². The lowest BCUT2D eigenvalue weighted by Crippen LogP contribution is -2.45. The van der Waals surface area contributed by atoms with Crippen molar-refractivity contribution in [2.75, 3.05) is 33.0 Å². The van der Waals surface area contributed by atoms with Gasteiger partial charge in [-0.05, 0) is 121 Å². The topological polar surface area (TPSA) is 87.1 Å². The predicted molar refractivity (Wildman–Crippen MR) is 204 cm³/mol. The molecule has 0 unspecified atom stereocenters. The van der Waals surface area contributed by atoms with Gasteiger partial charge in [0.2, 0.25) is 0 Å². The first-order valence-electron chi connectivity index (χ1n) is 18.8. The highest BCUT2D eigenvalue weighted by molar-refractivity contribution is 6.32. The molecule has 4 aromatic rings. The highest BCUT2D eigenvalue weighted by atomic mass is 35.5. The fourth-order valence-electron chi connectivity index (χ4n) is 7.43. The van der Waals surface area contributed by atoms with Gasteiger partial charge in [0.15, 0.2) is 0 Å². The van der Waals surface area contributed by atoms with Crippen LogP contribution in [0.1, 0.15) is 104 Å². The minimum atomic E-state index is -4.90. The van der Waals surface area contributed by atoms with E-state index in [-0.39, 0.29) is 21.8 Å². The van der Waals surface area contributed by atoms with Gasteiger partial charge in [0.05, 0.1) is 37.0 Å². The van der Waals surface area contributed by atoms with Crippen molar-refractivity contribution in [1.82, 2.24) is 0 Å². The number of alkyl halides is 3. The molecule has 0 aromatic heterocycles. The van der Waals surface area contributed by atoms with Crippen LogP contribution in [0.4, 0.5) is 13.2 Å². The standard InChI is InChI=1S/C43H47ClF3NO6/c1-2-42(27-51-28-42)26-50-21-5-3-4-6-22-52-34-15-11-30(12-16-34)29-7-9-31(10-8-29)36-18-13-32-23-33(14-19-37(32)38(36)25-48)41(49)53-35-17-20-40(39(44)24-35)54-43(45,46)47/h11-20,23-25,29,31,48H,2-10,21-22,26-28H2,1H3. The fourth-order valence-corrected chi connectivity index (χ4v) is 7.64. The van der Waals surface area contributed by atoms with Crippen molar-refractivity contribution in [2.24, 2.45) is 5.41 Å². The van der Waals surface area contributed by atoms with Crippen LogP contribution in [-0.2, 0) is 9.47 Å². The Kier molecular flexibility index (Phi) is 13.2. The molecule has 1 heterocycles. The van der Waals surface area contributed by atoms with Crippen LogP contribution in [0.25, 0.3) is 10.8 Å². The summed E-state index contributed by atoms with van der Waals surface area (Å²) in [5.41, 5.74) is 3.81. The smallest absolute Gasteiger partial charge is 0.494 e. The first-order valence-corrected chi connectivity index (χ1v) is 19.2. The maximum absolute atomic E-state index is 12.9. The number of carbonyl (C=O) groups excluding carboxylic acids is 1. The Morgan fingerprint density at radius 1 is 0.889 bits per heavy atom. The monoisotopic (exact) mass is 765 g/mol. The number of esters is 1. The van der Waals surface area contributed by atoms with Crippen molar-refractivity contribution in [3.05, 3.63) is 100 Å². The van der Waals surface area contributed by atoms with Gasteiger partial charge in [-0.3, -0.25) is 0 Å². The molecule has 0 radical (unpaired) electrons. The zero-order chi connectivity index (χ0) is 38.1. The average Bonchev–Trinajstić information content (AvgIpc) is 3.15. The molecular formula is C43H47ClF3NO6. The third kappa shape index (κ3) is 10.1. The van der Waals surface area contributed by atoms with Gasteiger partial charge in [0.25, 0.3) is 0 Å². The molecule has 0 amide bonds. The minimum absolute atomic E-state index is 0.0191. The molecule has 288 valence electrons. The summed E-state index contributed by atoms with van der Waals surface area (Å²) in [7, 11) is 0. The Bertz CT molecular complexity index is 1880. The van der Waals surface area contributed by atoms with Crippen molar-refractivity contribution in [3.63, 3.8) is 0 Å². The van der Waals surface area contributed by atoms with E-state index in [1.54, 1.807) is 12.1 Å². The van der Waals surface area contributed by atoms with Gasteiger partial charge in [-0.25, -0.2) is 4.79 Å². The molecular weight excluding hydrogens is 719 g/mol. The number of halogens is 4.